The Morgan fingerprint density at radius 1 is 1.40 bits per heavy atom. The molecule has 82 valence electrons. The fourth-order valence-corrected chi connectivity index (χ4v) is 1.29. The van der Waals surface area contributed by atoms with Gasteiger partial charge >= 0.3 is 0 Å². The van der Waals surface area contributed by atoms with Gasteiger partial charge in [-0.2, -0.15) is 0 Å². The summed E-state index contributed by atoms with van der Waals surface area (Å²) < 4.78 is 0. The van der Waals surface area contributed by atoms with Gasteiger partial charge in [0, 0.05) is 12.1 Å². The van der Waals surface area contributed by atoms with E-state index >= 15 is 0 Å². The Labute approximate surface area is 89.6 Å². The summed E-state index contributed by atoms with van der Waals surface area (Å²) in [6.07, 6.45) is 0.954. The Kier molecular flexibility index (Phi) is 4.80. The molecule has 5 N–H and O–H groups in total. The summed E-state index contributed by atoms with van der Waals surface area (Å²) in [5.74, 6) is -0.390. The summed E-state index contributed by atoms with van der Waals surface area (Å²) in [5, 5.41) is 3.24. The van der Waals surface area contributed by atoms with Gasteiger partial charge in [0.05, 0.1) is 0 Å². The third-order valence-corrected chi connectivity index (χ3v) is 2.10. The monoisotopic (exact) mass is 207 g/mol. The fourth-order valence-electron chi connectivity index (χ4n) is 1.29. The van der Waals surface area contributed by atoms with Gasteiger partial charge in [-0.25, -0.2) is 0 Å². The molecule has 0 aliphatic rings. The van der Waals surface area contributed by atoms with Crippen LogP contribution in [-0.2, 0) is 6.54 Å². The minimum Gasteiger partial charge on any atom is -0.366 e. The van der Waals surface area contributed by atoms with E-state index in [0.29, 0.717) is 12.1 Å². The first kappa shape index (κ1) is 11.7. The minimum atomic E-state index is -0.390. The number of rotatable bonds is 6. The fraction of sp³-hybridized carbons (Fsp3) is 0.364. The number of carbonyl (C=O) groups is 1. The molecule has 0 bridgehead atoms. The summed E-state index contributed by atoms with van der Waals surface area (Å²) in [4.78, 5) is 10.9. The van der Waals surface area contributed by atoms with E-state index in [2.05, 4.69) is 5.32 Å². The third kappa shape index (κ3) is 4.10. The SMILES string of the molecule is NCCCNCc1cccc(C(N)=O)c1. The quantitative estimate of drug-likeness (QED) is 0.584. The largest absolute Gasteiger partial charge is 0.366 e. The molecule has 0 aliphatic heterocycles. The van der Waals surface area contributed by atoms with Crippen molar-refractivity contribution in [3.05, 3.63) is 35.4 Å². The lowest BCUT2D eigenvalue weighted by Gasteiger charge is -2.04. The van der Waals surface area contributed by atoms with Crippen molar-refractivity contribution in [1.82, 2.24) is 5.32 Å². The van der Waals surface area contributed by atoms with E-state index in [9.17, 15) is 4.79 Å². The number of carbonyl (C=O) groups excluding carboxylic acids is 1. The number of nitrogens with one attached hydrogen (secondary N) is 1. The Morgan fingerprint density at radius 2 is 2.20 bits per heavy atom. The van der Waals surface area contributed by atoms with Crippen molar-refractivity contribution >= 4 is 5.91 Å². The number of hydrogen-bond acceptors (Lipinski definition) is 3. The Balaban J connectivity index is 2.47. The first-order chi connectivity index (χ1) is 7.24. The standard InChI is InChI=1S/C11H17N3O/c12-5-2-6-14-8-9-3-1-4-10(7-9)11(13)15/h1,3-4,7,14H,2,5-6,8,12H2,(H2,13,15). The molecule has 0 unspecified atom stereocenters. The maximum Gasteiger partial charge on any atom is 0.248 e. The first-order valence-corrected chi connectivity index (χ1v) is 5.03. The molecule has 0 saturated carbocycles. The van der Waals surface area contributed by atoms with Crippen molar-refractivity contribution in [2.24, 2.45) is 11.5 Å². The number of primary amides is 1. The highest BCUT2D eigenvalue weighted by Gasteiger charge is 2.00. The average Bonchev–Trinajstić information content (AvgIpc) is 2.25. The molecular formula is C11H17N3O. The second kappa shape index (κ2) is 6.16. The maximum absolute atomic E-state index is 10.9. The van der Waals surface area contributed by atoms with Gasteiger partial charge in [-0.05, 0) is 37.2 Å². The molecule has 0 aromatic heterocycles. The normalized spacial score (nSPS) is 10.2. The number of benzene rings is 1. The highest BCUT2D eigenvalue weighted by Crippen LogP contribution is 2.04. The molecule has 0 heterocycles. The van der Waals surface area contributed by atoms with Gasteiger partial charge in [-0.15, -0.1) is 0 Å². The van der Waals surface area contributed by atoms with Crippen LogP contribution in [0, 0.1) is 0 Å². The predicted octanol–water partition coefficient (Wildman–Crippen LogP) is 0.224. The van der Waals surface area contributed by atoms with Gasteiger partial charge in [0.2, 0.25) is 5.91 Å². The molecule has 0 saturated heterocycles. The summed E-state index contributed by atoms with van der Waals surface area (Å²) in [6.45, 7) is 2.31. The Bertz CT molecular complexity index is 325. The zero-order valence-corrected chi connectivity index (χ0v) is 8.70. The molecule has 1 rings (SSSR count). The lowest BCUT2D eigenvalue weighted by molar-refractivity contribution is 0.1000. The van der Waals surface area contributed by atoms with Crippen LogP contribution in [0.5, 0.6) is 0 Å². The van der Waals surface area contributed by atoms with Crippen LogP contribution in [0.15, 0.2) is 24.3 Å². The van der Waals surface area contributed by atoms with Crippen molar-refractivity contribution in [1.29, 1.82) is 0 Å². The Morgan fingerprint density at radius 3 is 2.87 bits per heavy atom. The molecular weight excluding hydrogens is 190 g/mol. The summed E-state index contributed by atoms with van der Waals surface area (Å²) in [6, 6.07) is 7.31. The number of hydrogen-bond donors (Lipinski definition) is 3. The van der Waals surface area contributed by atoms with Gasteiger partial charge in [-0.1, -0.05) is 12.1 Å². The molecule has 0 spiro atoms. The first-order valence-electron chi connectivity index (χ1n) is 5.03. The Hall–Kier alpha value is -1.39. The van der Waals surface area contributed by atoms with Crippen molar-refractivity contribution in [2.45, 2.75) is 13.0 Å². The third-order valence-electron chi connectivity index (χ3n) is 2.10. The summed E-state index contributed by atoms with van der Waals surface area (Å²) >= 11 is 0. The molecule has 0 aliphatic carbocycles. The molecule has 4 nitrogen and oxygen atoms in total. The van der Waals surface area contributed by atoms with Crippen LogP contribution in [0.2, 0.25) is 0 Å². The summed E-state index contributed by atoms with van der Waals surface area (Å²) in [7, 11) is 0. The lowest BCUT2D eigenvalue weighted by atomic mass is 10.1. The molecule has 1 amide bonds. The number of amides is 1. The van der Waals surface area contributed by atoms with Crippen LogP contribution in [0.3, 0.4) is 0 Å². The van der Waals surface area contributed by atoms with E-state index in [-0.39, 0.29) is 5.91 Å². The second-order valence-corrected chi connectivity index (χ2v) is 3.38. The van der Waals surface area contributed by atoms with Crippen LogP contribution in [0.1, 0.15) is 22.3 Å². The van der Waals surface area contributed by atoms with Crippen LogP contribution in [0.4, 0.5) is 0 Å². The minimum absolute atomic E-state index is 0.390. The van der Waals surface area contributed by atoms with Crippen LogP contribution in [0.25, 0.3) is 0 Å². The molecule has 1 aromatic rings. The van der Waals surface area contributed by atoms with Crippen molar-refractivity contribution in [3.8, 4) is 0 Å². The molecule has 15 heavy (non-hydrogen) atoms. The molecule has 4 heteroatoms. The molecule has 0 radical (unpaired) electrons. The zero-order chi connectivity index (χ0) is 11.1. The van der Waals surface area contributed by atoms with Crippen LogP contribution >= 0.6 is 0 Å². The topological polar surface area (TPSA) is 81.1 Å². The highest BCUT2D eigenvalue weighted by molar-refractivity contribution is 5.92. The van der Waals surface area contributed by atoms with Crippen LogP contribution < -0.4 is 16.8 Å². The molecule has 1 aromatic carbocycles. The van der Waals surface area contributed by atoms with Gasteiger partial charge < -0.3 is 16.8 Å². The molecule has 0 fully saturated rings. The van der Waals surface area contributed by atoms with Crippen molar-refractivity contribution in [2.75, 3.05) is 13.1 Å². The highest BCUT2D eigenvalue weighted by atomic mass is 16.1. The van der Waals surface area contributed by atoms with Crippen molar-refractivity contribution < 1.29 is 4.79 Å². The second-order valence-electron chi connectivity index (χ2n) is 3.38. The van der Waals surface area contributed by atoms with Gasteiger partial charge in [-0.3, -0.25) is 4.79 Å². The van der Waals surface area contributed by atoms with E-state index < -0.39 is 0 Å². The van der Waals surface area contributed by atoms with Gasteiger partial charge in [0.1, 0.15) is 0 Å². The van der Waals surface area contributed by atoms with Gasteiger partial charge in [0.15, 0.2) is 0 Å². The maximum atomic E-state index is 10.9. The van der Waals surface area contributed by atoms with Crippen molar-refractivity contribution in [3.63, 3.8) is 0 Å². The zero-order valence-electron chi connectivity index (χ0n) is 8.70. The number of nitrogens with two attached hydrogens (primary N) is 2. The van der Waals surface area contributed by atoms with E-state index in [1.807, 2.05) is 12.1 Å². The predicted molar refractivity (Wildman–Crippen MR) is 60.3 cm³/mol. The molecule has 0 atom stereocenters. The summed E-state index contributed by atoms with van der Waals surface area (Å²) in [5.41, 5.74) is 12.2. The smallest absolute Gasteiger partial charge is 0.248 e. The van der Waals surface area contributed by atoms with E-state index in [0.717, 1.165) is 25.1 Å². The van der Waals surface area contributed by atoms with Gasteiger partial charge in [0.25, 0.3) is 0 Å². The van der Waals surface area contributed by atoms with E-state index in [1.54, 1.807) is 12.1 Å². The lowest BCUT2D eigenvalue weighted by Crippen LogP contribution is -2.18. The van der Waals surface area contributed by atoms with E-state index in [4.69, 9.17) is 11.5 Å². The average molecular weight is 207 g/mol. The van der Waals surface area contributed by atoms with E-state index in [1.165, 1.54) is 0 Å². The van der Waals surface area contributed by atoms with Crippen LogP contribution in [-0.4, -0.2) is 19.0 Å².